The molecule has 0 spiro atoms. The summed E-state index contributed by atoms with van der Waals surface area (Å²) in [6.07, 6.45) is -51.6. The Morgan fingerprint density at radius 3 is 0.767 bits per heavy atom. The van der Waals surface area contributed by atoms with Crippen molar-refractivity contribution < 1.29 is 119 Å². The van der Waals surface area contributed by atoms with Gasteiger partial charge in [0.2, 0.25) is 5.78 Å². The molecule has 0 aliphatic heterocycles. The number of rotatable bonds is 9. The molecule has 0 N–H and O–H groups in total. The Morgan fingerprint density at radius 1 is 0.397 bits per heavy atom. The van der Waals surface area contributed by atoms with Gasteiger partial charge in [0.25, 0.3) is 0 Å². The van der Waals surface area contributed by atoms with Crippen LogP contribution in [0.25, 0.3) is 0 Å². The Balaban J connectivity index is 0.000000613. The smallest absolute Gasteiger partial charge is 0.416 e. The van der Waals surface area contributed by atoms with Gasteiger partial charge in [-0.2, -0.15) is 127 Å². The molecule has 0 unspecified atom stereocenters. The Kier molecular flexibility index (Phi) is 16.4. The van der Waals surface area contributed by atoms with Crippen molar-refractivity contribution in [3.63, 3.8) is 0 Å². The van der Waals surface area contributed by atoms with Gasteiger partial charge in [-0.15, -0.1) is 4.21 Å². The van der Waals surface area contributed by atoms with Gasteiger partial charge in [0, 0.05) is 5.56 Å². The average Bonchev–Trinajstić information content (AvgIpc) is 3.21. The third kappa shape index (κ3) is 14.7. The molecular formula is C44H29BF24O3S. The highest BCUT2D eigenvalue weighted by atomic mass is 32.2. The van der Waals surface area contributed by atoms with Crippen LogP contribution in [-0.2, 0) is 63.6 Å². The van der Waals surface area contributed by atoms with Crippen molar-refractivity contribution in [2.24, 2.45) is 0 Å². The third-order valence-electron chi connectivity index (χ3n) is 10.4. The van der Waals surface area contributed by atoms with Gasteiger partial charge >= 0.3 is 49.4 Å². The van der Waals surface area contributed by atoms with Crippen LogP contribution in [-0.4, -0.2) is 36.8 Å². The van der Waals surface area contributed by atoms with E-state index in [2.05, 4.69) is 0 Å². The molecule has 29 heteroatoms. The minimum atomic E-state index is -6.13. The van der Waals surface area contributed by atoms with Gasteiger partial charge in [-0.1, -0.05) is 48.5 Å². The highest BCUT2D eigenvalue weighted by Gasteiger charge is 2.47. The van der Waals surface area contributed by atoms with Crippen molar-refractivity contribution in [3.8, 4) is 5.75 Å². The molecule has 5 aromatic carbocycles. The van der Waals surface area contributed by atoms with Gasteiger partial charge in [0.05, 0.1) is 61.0 Å². The van der Waals surface area contributed by atoms with E-state index < -0.39 is 205 Å². The number of ether oxygens (including phenoxy) is 1. The normalized spacial score (nSPS) is 13.6. The summed E-state index contributed by atoms with van der Waals surface area (Å²) in [5.41, 5.74) is -29.6. The third-order valence-corrected chi connectivity index (χ3v) is 11.4. The number of carbonyl (C=O) groups is 1. The molecule has 5 aromatic rings. The second-order valence-corrected chi connectivity index (χ2v) is 19.3. The predicted octanol–water partition coefficient (Wildman–Crippen LogP) is 13.2. The molecule has 0 radical (unpaired) electrons. The summed E-state index contributed by atoms with van der Waals surface area (Å²) in [6, 6.07) is -1.89. The first-order chi connectivity index (χ1) is 32.7. The van der Waals surface area contributed by atoms with Crippen LogP contribution in [0.3, 0.4) is 0 Å². The van der Waals surface area contributed by atoms with E-state index in [0.717, 1.165) is 5.75 Å². The zero-order chi connectivity index (χ0) is 56.1. The minimum Gasteiger partial charge on any atom is -0.494 e. The minimum absolute atomic E-state index is 0.0851. The van der Waals surface area contributed by atoms with Crippen molar-refractivity contribution >= 4 is 43.7 Å². The Labute approximate surface area is 396 Å². The molecule has 0 saturated heterocycles. The van der Waals surface area contributed by atoms with Crippen molar-refractivity contribution in [3.05, 3.63) is 147 Å². The molecular weight excluding hydrogens is 1080 g/mol. The summed E-state index contributed by atoms with van der Waals surface area (Å²) in [4.78, 5) is 11.7. The van der Waals surface area contributed by atoms with Crippen molar-refractivity contribution in [2.75, 3.05) is 24.9 Å². The van der Waals surface area contributed by atoms with Crippen LogP contribution in [0.1, 0.15) is 61.8 Å². The number of benzene rings is 5. The quantitative estimate of drug-likeness (QED) is 0.0639. The highest BCUT2D eigenvalue weighted by Crippen LogP contribution is 2.41. The molecule has 3 nitrogen and oxygen atoms in total. The lowest BCUT2D eigenvalue weighted by Crippen LogP contribution is -2.75. The van der Waals surface area contributed by atoms with Gasteiger partial charge in [0.1, 0.15) is 24.4 Å². The average molecular weight is 1100 g/mol. The van der Waals surface area contributed by atoms with Crippen LogP contribution < -0.4 is 26.6 Å². The van der Waals surface area contributed by atoms with Crippen molar-refractivity contribution in [1.82, 2.24) is 0 Å². The summed E-state index contributed by atoms with van der Waals surface area (Å²) in [6.45, 7) is 2.51. The molecule has 0 fully saturated rings. The molecule has 0 atom stereocenters. The number of Topliss-reactive ketones (excluding diaryl/α,β-unsaturated/α-hetero) is 1. The molecule has 0 aliphatic carbocycles. The fourth-order valence-corrected chi connectivity index (χ4v) is 8.17. The van der Waals surface area contributed by atoms with Crippen LogP contribution in [0.15, 0.2) is 97.1 Å². The lowest BCUT2D eigenvalue weighted by molar-refractivity contribution is -0.144. The van der Waals surface area contributed by atoms with Crippen LogP contribution >= 0.6 is 0 Å². The SMILES string of the molecule is CCOc1ccc(C(=O)C[S+](C)(C)=O)cc1.FC(F)(F)c1cc([B-](c2cc(C(F)(F)F)cc(C(F)(F)F)c2)(c2cc(C(F)(F)F)cc(C(F)(F)F)c2)c2cc(C(F)(F)F)cc(C(F)(F)F)c2)cc(C(F)(F)F)c1. The zero-order valence-corrected chi connectivity index (χ0v) is 37.2. The lowest BCUT2D eigenvalue weighted by Gasteiger charge is -2.46. The van der Waals surface area contributed by atoms with E-state index in [1.165, 1.54) is 0 Å². The molecule has 0 amide bonds. The summed E-state index contributed by atoms with van der Waals surface area (Å²) >= 11 is 0. The molecule has 400 valence electrons. The summed E-state index contributed by atoms with van der Waals surface area (Å²) < 4.78 is 358. The van der Waals surface area contributed by atoms with Gasteiger partial charge in [0.15, 0.2) is 5.75 Å². The van der Waals surface area contributed by atoms with E-state index in [9.17, 15) is 114 Å². The number of ketones is 1. The first-order valence-corrected chi connectivity index (χ1v) is 22.3. The van der Waals surface area contributed by atoms with Crippen molar-refractivity contribution in [2.45, 2.75) is 56.3 Å². The fraction of sp³-hybridized carbons (Fsp3) is 0.295. The Hall–Kier alpha value is -5.90. The van der Waals surface area contributed by atoms with Crippen LogP contribution in [0, 0.1) is 0 Å². The van der Waals surface area contributed by atoms with Gasteiger partial charge in [-0.25, -0.2) is 0 Å². The first kappa shape index (κ1) is 59.7. The van der Waals surface area contributed by atoms with Crippen LogP contribution in [0.5, 0.6) is 5.75 Å². The largest absolute Gasteiger partial charge is 0.494 e. The van der Waals surface area contributed by atoms with E-state index >= 15 is 0 Å². The molecule has 73 heavy (non-hydrogen) atoms. The maximum Gasteiger partial charge on any atom is 0.416 e. The number of halogens is 24. The monoisotopic (exact) mass is 1100 g/mol. The summed E-state index contributed by atoms with van der Waals surface area (Å²) in [7, 11) is -2.02. The molecule has 0 saturated carbocycles. The van der Waals surface area contributed by atoms with Crippen LogP contribution in [0.2, 0.25) is 0 Å². The van der Waals surface area contributed by atoms with Gasteiger partial charge < -0.3 is 4.74 Å². The van der Waals surface area contributed by atoms with Crippen LogP contribution in [0.4, 0.5) is 105 Å². The molecule has 0 aliphatic rings. The second-order valence-electron chi connectivity index (χ2n) is 16.2. The van der Waals surface area contributed by atoms with Gasteiger partial charge in [-0.3, -0.25) is 4.79 Å². The van der Waals surface area contributed by atoms with E-state index in [-0.39, 0.29) is 11.5 Å². The number of carbonyl (C=O) groups excluding carboxylic acids is 1. The number of alkyl halides is 24. The van der Waals surface area contributed by atoms with E-state index in [1.54, 1.807) is 36.8 Å². The molecule has 0 aromatic heterocycles. The Morgan fingerprint density at radius 2 is 0.603 bits per heavy atom. The topological polar surface area (TPSA) is 43.4 Å². The summed E-state index contributed by atoms with van der Waals surface area (Å²) in [5, 5.41) is 0. The highest BCUT2D eigenvalue weighted by molar-refractivity contribution is 8.02. The number of hydrogen-bond acceptors (Lipinski definition) is 3. The predicted molar refractivity (Wildman–Crippen MR) is 217 cm³/mol. The standard InChI is InChI=1S/C32H12BF24.C12H17O3S/c34-25(35,36)13-1-14(26(37,38)39)6-21(5-13)33(22-7-15(27(40,41)42)2-16(8-22)28(43,44)45,23-9-17(29(46,47)48)3-18(10-23)30(49,50)51)24-11-19(31(52,53)54)4-20(12-24)32(55,56)57;1-4-15-11-7-5-10(6-8-11)12(13)9-16(2,3)14/h1-12H;5-8H,4,9H2,1-3H3/q-1;+1. The summed E-state index contributed by atoms with van der Waals surface area (Å²) in [5.74, 6) is 0.756. The zero-order valence-electron chi connectivity index (χ0n) is 36.4. The van der Waals surface area contributed by atoms with E-state index in [1.807, 2.05) is 6.92 Å². The second kappa shape index (κ2) is 20.1. The van der Waals surface area contributed by atoms with E-state index in [0.29, 0.717) is 12.2 Å². The fourth-order valence-electron chi connectivity index (χ4n) is 7.37. The first-order valence-electron chi connectivity index (χ1n) is 19.7. The Bertz CT molecular complexity index is 2410. The molecule has 0 bridgehead atoms. The lowest BCUT2D eigenvalue weighted by atomic mass is 9.12. The maximum absolute atomic E-state index is 14.2. The molecule has 5 rings (SSSR count). The van der Waals surface area contributed by atoms with E-state index in [4.69, 9.17) is 4.74 Å². The van der Waals surface area contributed by atoms with Gasteiger partial charge in [-0.05, 0) is 55.5 Å². The number of hydrogen-bond donors (Lipinski definition) is 0. The van der Waals surface area contributed by atoms with Crippen molar-refractivity contribution in [1.29, 1.82) is 0 Å². The maximum atomic E-state index is 14.2. The molecule has 0 heterocycles.